The van der Waals surface area contributed by atoms with Crippen LogP contribution in [0.15, 0.2) is 48.1 Å². The van der Waals surface area contributed by atoms with Crippen LogP contribution in [0.25, 0.3) is 0 Å². The average Bonchev–Trinajstić information content (AvgIpc) is 2.81. The molecule has 0 bridgehead atoms. The van der Waals surface area contributed by atoms with Gasteiger partial charge in [0.25, 0.3) is 0 Å². The molecule has 1 saturated heterocycles. The Hall–Kier alpha value is -3.07. The molecule has 1 aliphatic heterocycles. The fourth-order valence-corrected chi connectivity index (χ4v) is 3.54. The van der Waals surface area contributed by atoms with Crippen LogP contribution in [-0.2, 0) is 20.6 Å². The molecule has 9 heteroatoms. The van der Waals surface area contributed by atoms with Crippen LogP contribution in [0.4, 0.5) is 13.6 Å². The van der Waals surface area contributed by atoms with E-state index < -0.39 is 11.6 Å². The Morgan fingerprint density at radius 1 is 1.17 bits per heavy atom. The topological polar surface area (TPSA) is 83.3 Å². The molecule has 2 rings (SSSR count). The minimum atomic E-state index is -0.706. The van der Waals surface area contributed by atoms with Crippen LogP contribution in [0.1, 0.15) is 53.0 Å². The van der Waals surface area contributed by atoms with E-state index in [0.717, 1.165) is 12.1 Å². The van der Waals surface area contributed by atoms with Gasteiger partial charge in [-0.2, -0.15) is 0 Å². The summed E-state index contributed by atoms with van der Waals surface area (Å²) in [6.07, 6.45) is 3.61. The van der Waals surface area contributed by atoms with E-state index in [1.54, 1.807) is 31.7 Å². The first kappa shape index (κ1) is 29.2. The van der Waals surface area contributed by atoms with E-state index in [1.165, 1.54) is 6.20 Å². The van der Waals surface area contributed by atoms with Gasteiger partial charge in [0.1, 0.15) is 23.4 Å². The second-order valence-corrected chi connectivity index (χ2v) is 9.15. The highest BCUT2D eigenvalue weighted by molar-refractivity contribution is 5.67. The van der Waals surface area contributed by atoms with Gasteiger partial charge in [0, 0.05) is 37.6 Å². The zero-order valence-corrected chi connectivity index (χ0v) is 21.8. The van der Waals surface area contributed by atoms with Gasteiger partial charge in [-0.15, -0.1) is 0 Å². The third kappa shape index (κ3) is 8.86. The number of carbonyl (C=O) groups is 1. The maximum Gasteiger partial charge on any atom is 0.410 e. The van der Waals surface area contributed by atoms with Crippen molar-refractivity contribution in [3.8, 4) is 5.75 Å². The van der Waals surface area contributed by atoms with Gasteiger partial charge in [-0.05, 0) is 64.9 Å². The van der Waals surface area contributed by atoms with E-state index >= 15 is 0 Å². The zero-order valence-electron chi connectivity index (χ0n) is 21.8. The summed E-state index contributed by atoms with van der Waals surface area (Å²) in [5, 5.41) is 0. The van der Waals surface area contributed by atoms with Gasteiger partial charge in [-0.25, -0.2) is 13.6 Å². The number of allylic oxidation sites excluding steroid dienone is 2. The zero-order chi connectivity index (χ0) is 26.8. The molecule has 7 nitrogen and oxygen atoms in total. The first-order valence-corrected chi connectivity index (χ1v) is 12.2. The van der Waals surface area contributed by atoms with E-state index in [-0.39, 0.29) is 54.5 Å². The van der Waals surface area contributed by atoms with E-state index in [0.29, 0.717) is 37.3 Å². The van der Waals surface area contributed by atoms with Crippen LogP contribution in [0.3, 0.4) is 0 Å². The fraction of sp³-hybridized carbons (Fsp3) is 0.519. The van der Waals surface area contributed by atoms with Crippen molar-refractivity contribution in [2.45, 2.75) is 72.2 Å². The lowest BCUT2D eigenvalue weighted by atomic mass is 10.1. The highest BCUT2D eigenvalue weighted by atomic mass is 19.1. The fourth-order valence-electron chi connectivity index (χ4n) is 3.54. The van der Waals surface area contributed by atoms with Crippen molar-refractivity contribution < 1.29 is 32.5 Å². The van der Waals surface area contributed by atoms with E-state index in [9.17, 15) is 13.6 Å². The molecule has 200 valence electrons. The van der Waals surface area contributed by atoms with Gasteiger partial charge in [-0.1, -0.05) is 6.58 Å². The maximum atomic E-state index is 14.6. The second-order valence-electron chi connectivity index (χ2n) is 9.15. The summed E-state index contributed by atoms with van der Waals surface area (Å²) in [6, 6.07) is 2.11. The lowest BCUT2D eigenvalue weighted by Crippen LogP contribution is -2.41. The number of ether oxygens (including phenoxy) is 4. The predicted molar refractivity (Wildman–Crippen MR) is 134 cm³/mol. The third-order valence-corrected chi connectivity index (χ3v) is 5.52. The number of nitrogens with two attached hydrogens (primary N) is 1. The minimum absolute atomic E-state index is 0.00603. The van der Waals surface area contributed by atoms with Crippen LogP contribution >= 0.6 is 0 Å². The molecule has 0 atom stereocenters. The lowest BCUT2D eigenvalue weighted by molar-refractivity contribution is 0.0337. The second kappa shape index (κ2) is 13.9. The number of nitrogens with zero attached hydrogens (tertiary/aromatic N) is 1. The van der Waals surface area contributed by atoms with Gasteiger partial charge < -0.3 is 29.6 Å². The largest absolute Gasteiger partial charge is 0.490 e. The average molecular weight is 509 g/mol. The molecule has 1 fully saturated rings. The van der Waals surface area contributed by atoms with E-state index in [2.05, 4.69) is 6.58 Å². The molecular weight excluding hydrogens is 470 g/mol. The molecule has 2 N–H and O–H groups in total. The van der Waals surface area contributed by atoms with Crippen molar-refractivity contribution in [2.75, 3.05) is 19.7 Å². The first-order chi connectivity index (χ1) is 17.0. The smallest absolute Gasteiger partial charge is 0.410 e. The summed E-state index contributed by atoms with van der Waals surface area (Å²) in [6.45, 7) is 14.2. The number of likely N-dealkylation sites (tertiary alicyclic amines) is 1. The highest BCUT2D eigenvalue weighted by Crippen LogP contribution is 2.28. The monoisotopic (exact) mass is 508 g/mol. The molecule has 1 aromatic carbocycles. The number of halogens is 2. The number of carbonyl (C=O) groups excluding carboxylic acids is 1. The normalized spacial score (nSPS) is 15.4. The third-order valence-electron chi connectivity index (χ3n) is 5.52. The Labute approximate surface area is 212 Å². The summed E-state index contributed by atoms with van der Waals surface area (Å²) in [7, 11) is 0. The summed E-state index contributed by atoms with van der Waals surface area (Å²) in [5.74, 6) is -1.08. The van der Waals surface area contributed by atoms with Crippen molar-refractivity contribution in [1.82, 2.24) is 4.90 Å². The van der Waals surface area contributed by atoms with Crippen LogP contribution < -0.4 is 10.5 Å². The van der Waals surface area contributed by atoms with Crippen molar-refractivity contribution in [2.24, 2.45) is 5.73 Å². The van der Waals surface area contributed by atoms with E-state index in [4.69, 9.17) is 24.7 Å². The molecule has 0 unspecified atom stereocenters. The first-order valence-electron chi connectivity index (χ1n) is 12.2. The van der Waals surface area contributed by atoms with Crippen molar-refractivity contribution in [3.63, 3.8) is 0 Å². The van der Waals surface area contributed by atoms with Gasteiger partial charge in [0.15, 0.2) is 11.6 Å². The number of hydrogen-bond acceptors (Lipinski definition) is 6. The van der Waals surface area contributed by atoms with Crippen molar-refractivity contribution >= 4 is 6.09 Å². The van der Waals surface area contributed by atoms with Crippen LogP contribution in [0.5, 0.6) is 5.75 Å². The molecule has 0 saturated carbocycles. The highest BCUT2D eigenvalue weighted by Gasteiger charge is 2.26. The number of rotatable bonds is 11. The summed E-state index contributed by atoms with van der Waals surface area (Å²) in [4.78, 5) is 13.7. The summed E-state index contributed by atoms with van der Waals surface area (Å²) in [5.41, 5.74) is 6.28. The van der Waals surface area contributed by atoms with Gasteiger partial charge in [0.05, 0.1) is 18.8 Å². The van der Waals surface area contributed by atoms with Gasteiger partial charge in [-0.3, -0.25) is 0 Å². The van der Waals surface area contributed by atoms with Crippen LogP contribution in [0, 0.1) is 11.6 Å². The standard InChI is InChI=1S/C27H38F2N2O5/c1-17(2)33-14-10-21-15-24(29)26(16-23(21)28)35-20(6)19(5)25(7-11-30)36-22-8-12-31(13-9-22)27(32)34-18(3)4/h7,11,15-18,22H,6,8-10,12-14,30H2,1-5H3/b11-7-,25-19+. The maximum absolute atomic E-state index is 14.6. The quantitative estimate of drug-likeness (QED) is 0.310. The lowest BCUT2D eigenvalue weighted by Gasteiger charge is -2.32. The molecule has 0 radical (unpaired) electrons. The van der Waals surface area contributed by atoms with Crippen LogP contribution in [-0.4, -0.2) is 49.0 Å². The number of benzene rings is 1. The molecule has 0 spiro atoms. The Morgan fingerprint density at radius 3 is 2.42 bits per heavy atom. The minimum Gasteiger partial charge on any atom is -0.490 e. The molecule has 36 heavy (non-hydrogen) atoms. The van der Waals surface area contributed by atoms with Crippen molar-refractivity contribution in [1.29, 1.82) is 0 Å². The number of hydrogen-bond donors (Lipinski definition) is 1. The van der Waals surface area contributed by atoms with E-state index in [1.807, 2.05) is 13.8 Å². The molecular formula is C27H38F2N2O5. The molecule has 1 aliphatic rings. The number of amides is 1. The molecule has 0 aromatic heterocycles. The van der Waals surface area contributed by atoms with Gasteiger partial charge >= 0.3 is 6.09 Å². The molecule has 1 aromatic rings. The van der Waals surface area contributed by atoms with Gasteiger partial charge in [0.2, 0.25) is 0 Å². The summed E-state index contributed by atoms with van der Waals surface area (Å²) < 4.78 is 51.5. The Balaban J connectivity index is 2.05. The predicted octanol–water partition coefficient (Wildman–Crippen LogP) is 5.60. The Bertz CT molecular complexity index is 967. The molecule has 0 aliphatic carbocycles. The SMILES string of the molecule is C=C(Oc1cc(F)c(CCOC(C)C)cc1F)/C(C)=C(\C=C/N)OC1CCN(C(=O)OC(C)C)CC1. The summed E-state index contributed by atoms with van der Waals surface area (Å²) >= 11 is 0. The number of piperidine rings is 1. The molecule has 1 amide bonds. The van der Waals surface area contributed by atoms with Crippen LogP contribution in [0.2, 0.25) is 0 Å². The molecule has 1 heterocycles. The Kier molecular flexibility index (Phi) is 11.2. The van der Waals surface area contributed by atoms with Crippen molar-refractivity contribution in [3.05, 3.63) is 65.3 Å². The Morgan fingerprint density at radius 2 is 1.83 bits per heavy atom.